The van der Waals surface area contributed by atoms with Crippen molar-refractivity contribution >= 4 is 23.4 Å². The van der Waals surface area contributed by atoms with E-state index in [1.165, 1.54) is 38.5 Å². The Kier molecular flexibility index (Phi) is 7.06. The fourth-order valence-electron chi connectivity index (χ4n) is 5.35. The number of carbonyl (C=O) groups is 3. The highest BCUT2D eigenvalue weighted by atomic mass is 16.2. The van der Waals surface area contributed by atoms with Crippen LogP contribution in [0.5, 0.6) is 0 Å². The third-order valence-corrected chi connectivity index (χ3v) is 7.35. The van der Waals surface area contributed by atoms with Crippen LogP contribution in [0.25, 0.3) is 0 Å². The number of rotatable bonds is 10. The number of piperidine rings is 1. The number of nitrogens with one attached hydrogen (secondary N) is 3. The number of amides is 3. The minimum atomic E-state index is -0.331. The molecule has 3 aliphatic rings. The van der Waals surface area contributed by atoms with Crippen molar-refractivity contribution in [3.05, 3.63) is 29.8 Å². The van der Waals surface area contributed by atoms with Crippen molar-refractivity contribution < 1.29 is 14.4 Å². The Balaban J connectivity index is 1.08. The molecule has 1 heterocycles. The molecule has 6 heteroatoms. The van der Waals surface area contributed by atoms with Crippen LogP contribution >= 0.6 is 0 Å². The summed E-state index contributed by atoms with van der Waals surface area (Å²) in [7, 11) is 0. The third-order valence-electron chi connectivity index (χ3n) is 7.35. The van der Waals surface area contributed by atoms with Gasteiger partial charge in [0.25, 0.3) is 0 Å². The van der Waals surface area contributed by atoms with Crippen molar-refractivity contribution in [1.29, 1.82) is 0 Å². The van der Waals surface area contributed by atoms with Crippen molar-refractivity contribution in [1.82, 2.24) is 10.6 Å². The Morgan fingerprint density at radius 1 is 1.10 bits per heavy atom. The third kappa shape index (κ3) is 5.73. The maximum atomic E-state index is 12.3. The number of imide groups is 1. The van der Waals surface area contributed by atoms with Crippen LogP contribution in [-0.4, -0.2) is 30.3 Å². The van der Waals surface area contributed by atoms with Crippen LogP contribution in [0.15, 0.2) is 24.3 Å². The van der Waals surface area contributed by atoms with E-state index in [0.29, 0.717) is 24.9 Å². The summed E-state index contributed by atoms with van der Waals surface area (Å²) in [6.07, 6.45) is 12.8. The summed E-state index contributed by atoms with van der Waals surface area (Å²) < 4.78 is 0. The van der Waals surface area contributed by atoms with Gasteiger partial charge >= 0.3 is 0 Å². The van der Waals surface area contributed by atoms with Crippen LogP contribution in [0.4, 0.5) is 5.69 Å². The van der Waals surface area contributed by atoms with Crippen LogP contribution in [-0.2, 0) is 14.4 Å². The maximum Gasteiger partial charge on any atom is 0.234 e. The van der Waals surface area contributed by atoms with Gasteiger partial charge in [-0.2, -0.15) is 0 Å². The van der Waals surface area contributed by atoms with Crippen LogP contribution in [0.3, 0.4) is 0 Å². The number of unbranched alkanes of at least 4 members (excludes halogenated alkanes) is 3. The topological polar surface area (TPSA) is 87.3 Å². The lowest BCUT2D eigenvalue weighted by Crippen LogP contribution is -2.52. The second-order valence-electron chi connectivity index (χ2n) is 9.75. The van der Waals surface area contributed by atoms with Gasteiger partial charge in [0.1, 0.15) is 0 Å². The van der Waals surface area contributed by atoms with Crippen molar-refractivity contribution in [2.24, 2.45) is 5.41 Å². The van der Waals surface area contributed by atoms with Crippen LogP contribution in [0.1, 0.15) is 88.5 Å². The molecular formula is C25H35N3O3. The Hall–Kier alpha value is -2.21. The zero-order chi connectivity index (χ0) is 21.7. The smallest absolute Gasteiger partial charge is 0.234 e. The highest BCUT2D eigenvalue weighted by Crippen LogP contribution is 2.55. The second kappa shape index (κ2) is 9.94. The van der Waals surface area contributed by atoms with E-state index in [-0.39, 0.29) is 23.6 Å². The average molecular weight is 426 g/mol. The van der Waals surface area contributed by atoms with Gasteiger partial charge in [-0.1, -0.05) is 31.4 Å². The zero-order valence-corrected chi connectivity index (χ0v) is 18.4. The Labute approximate surface area is 184 Å². The van der Waals surface area contributed by atoms with Gasteiger partial charge < -0.3 is 10.6 Å². The van der Waals surface area contributed by atoms with E-state index in [0.717, 1.165) is 42.8 Å². The molecule has 0 bridgehead atoms. The minimum Gasteiger partial charge on any atom is -0.326 e. The van der Waals surface area contributed by atoms with Gasteiger partial charge in [-0.05, 0) is 74.6 Å². The number of carbonyl (C=O) groups excluding carboxylic acids is 3. The van der Waals surface area contributed by atoms with Gasteiger partial charge in [0.05, 0.1) is 5.92 Å². The summed E-state index contributed by atoms with van der Waals surface area (Å²) >= 11 is 0. The fraction of sp³-hybridized carbons (Fsp3) is 0.640. The average Bonchev–Trinajstić information content (AvgIpc) is 2.67. The number of anilines is 1. The van der Waals surface area contributed by atoms with Crippen LogP contribution in [0.2, 0.25) is 0 Å². The van der Waals surface area contributed by atoms with Gasteiger partial charge in [0.15, 0.2) is 0 Å². The van der Waals surface area contributed by atoms with Crippen molar-refractivity contribution in [2.45, 2.75) is 89.0 Å². The zero-order valence-electron chi connectivity index (χ0n) is 18.4. The lowest BCUT2D eigenvalue weighted by molar-refractivity contribution is -0.134. The number of benzene rings is 1. The van der Waals surface area contributed by atoms with E-state index in [9.17, 15) is 14.4 Å². The van der Waals surface area contributed by atoms with Crippen molar-refractivity contribution in [2.75, 3.05) is 11.9 Å². The molecule has 168 valence electrons. The summed E-state index contributed by atoms with van der Waals surface area (Å²) in [6.45, 7) is 1.10. The second-order valence-corrected chi connectivity index (χ2v) is 9.75. The van der Waals surface area contributed by atoms with Gasteiger partial charge in [0, 0.05) is 24.6 Å². The monoisotopic (exact) mass is 425 g/mol. The van der Waals surface area contributed by atoms with Gasteiger partial charge in [-0.3, -0.25) is 19.7 Å². The molecular weight excluding hydrogens is 390 g/mol. The molecule has 1 saturated heterocycles. The molecule has 2 saturated carbocycles. The van der Waals surface area contributed by atoms with E-state index < -0.39 is 0 Å². The van der Waals surface area contributed by atoms with E-state index in [1.807, 2.05) is 24.3 Å². The van der Waals surface area contributed by atoms with Crippen molar-refractivity contribution in [3.63, 3.8) is 0 Å². The molecule has 1 unspecified atom stereocenters. The first-order valence-corrected chi connectivity index (χ1v) is 12.0. The summed E-state index contributed by atoms with van der Waals surface area (Å²) in [4.78, 5) is 35.7. The minimum absolute atomic E-state index is 0.0128. The molecule has 1 aliphatic heterocycles. The number of hydrogen-bond acceptors (Lipinski definition) is 4. The largest absolute Gasteiger partial charge is 0.326 e. The molecule has 2 aliphatic carbocycles. The SMILES string of the molecule is O=C1CCC(c2cccc(NC(=O)CCCCCCNC3CC4(CCC4)C3)c2)C(=O)N1. The standard InChI is InChI=1S/C25H35N3O3/c29-22(9-3-1-2-4-14-26-20-16-25(17-20)12-6-13-25)27-19-8-5-7-18(15-19)21-10-11-23(30)28-24(21)31/h5,7-8,15,20-21,26H,1-4,6,9-14,16-17H2,(H,27,29)(H,28,30,31). The molecule has 1 aromatic carbocycles. The Morgan fingerprint density at radius 3 is 2.65 bits per heavy atom. The van der Waals surface area contributed by atoms with E-state index in [2.05, 4.69) is 16.0 Å². The molecule has 0 aromatic heterocycles. The predicted octanol–water partition coefficient (Wildman–Crippen LogP) is 4.02. The number of hydrogen-bond donors (Lipinski definition) is 3. The molecule has 6 nitrogen and oxygen atoms in total. The molecule has 3 amide bonds. The normalized spacial score (nSPS) is 22.5. The predicted molar refractivity (Wildman–Crippen MR) is 121 cm³/mol. The van der Waals surface area contributed by atoms with E-state index >= 15 is 0 Å². The Morgan fingerprint density at radius 2 is 1.90 bits per heavy atom. The van der Waals surface area contributed by atoms with Gasteiger partial charge in [-0.25, -0.2) is 0 Å². The highest BCUT2D eigenvalue weighted by molar-refractivity contribution is 6.01. The summed E-state index contributed by atoms with van der Waals surface area (Å²) in [5.74, 6) is -0.790. The molecule has 1 aromatic rings. The summed E-state index contributed by atoms with van der Waals surface area (Å²) in [6, 6.07) is 8.16. The lowest BCUT2D eigenvalue weighted by Gasteiger charge is -2.54. The molecule has 31 heavy (non-hydrogen) atoms. The van der Waals surface area contributed by atoms with Crippen LogP contribution < -0.4 is 16.0 Å². The summed E-state index contributed by atoms with van der Waals surface area (Å²) in [5, 5.41) is 9.02. The quantitative estimate of drug-likeness (QED) is 0.390. The first-order valence-electron chi connectivity index (χ1n) is 12.0. The highest BCUT2D eigenvalue weighted by Gasteiger charge is 2.47. The Bertz CT molecular complexity index is 810. The fourth-order valence-corrected chi connectivity index (χ4v) is 5.35. The van der Waals surface area contributed by atoms with E-state index in [1.54, 1.807) is 0 Å². The molecule has 3 fully saturated rings. The molecule has 1 atom stereocenters. The lowest BCUT2D eigenvalue weighted by atomic mass is 9.54. The summed E-state index contributed by atoms with van der Waals surface area (Å²) in [5.41, 5.74) is 2.29. The molecule has 3 N–H and O–H groups in total. The first kappa shape index (κ1) is 22.0. The van der Waals surface area contributed by atoms with Crippen LogP contribution in [0, 0.1) is 5.41 Å². The van der Waals surface area contributed by atoms with Crippen molar-refractivity contribution in [3.8, 4) is 0 Å². The first-order chi connectivity index (χ1) is 15.0. The van der Waals surface area contributed by atoms with E-state index in [4.69, 9.17) is 0 Å². The molecule has 0 radical (unpaired) electrons. The van der Waals surface area contributed by atoms with Gasteiger partial charge in [0.2, 0.25) is 17.7 Å². The molecule has 1 spiro atoms. The maximum absolute atomic E-state index is 12.3. The van der Waals surface area contributed by atoms with Gasteiger partial charge in [-0.15, -0.1) is 0 Å². The molecule has 4 rings (SSSR count).